The van der Waals surface area contributed by atoms with Crippen molar-refractivity contribution >= 4 is 41.7 Å². The van der Waals surface area contributed by atoms with Crippen LogP contribution in [0.15, 0.2) is 102 Å². The maximum atomic E-state index is 15.6. The first-order chi connectivity index (χ1) is 40.8. The molecule has 8 rings (SSSR count). The Morgan fingerprint density at radius 2 is 1.33 bits per heavy atom. The van der Waals surface area contributed by atoms with Crippen molar-refractivity contribution in [2.24, 2.45) is 17.3 Å². The molecule has 5 aliphatic rings. The number of ether oxygens (including phenoxy) is 9. The number of nitrogens with one attached hydrogen (secondary N) is 1. The van der Waals surface area contributed by atoms with Gasteiger partial charge in [-0.2, -0.15) is 0 Å². The van der Waals surface area contributed by atoms with E-state index in [1.54, 1.807) is 92.7 Å². The molecule has 0 aromatic heterocycles. The van der Waals surface area contributed by atoms with Gasteiger partial charge in [-0.1, -0.05) is 165 Å². The van der Waals surface area contributed by atoms with Crippen molar-refractivity contribution in [1.29, 1.82) is 0 Å². The van der Waals surface area contributed by atoms with E-state index in [4.69, 9.17) is 42.6 Å². The first-order valence-electron chi connectivity index (χ1n) is 30.4. The van der Waals surface area contributed by atoms with Gasteiger partial charge in [0.15, 0.2) is 23.8 Å². The van der Waals surface area contributed by atoms with Gasteiger partial charge >= 0.3 is 30.0 Å². The molecule has 2 saturated carbocycles. The van der Waals surface area contributed by atoms with Crippen LogP contribution in [0.3, 0.4) is 0 Å². The van der Waals surface area contributed by atoms with Crippen LogP contribution in [0.5, 0.6) is 0 Å². The maximum Gasteiger partial charge on any atom is 0.509 e. The zero-order chi connectivity index (χ0) is 60.9. The quantitative estimate of drug-likeness (QED) is 0.0278. The number of benzene rings is 3. The second-order valence-electron chi connectivity index (χ2n) is 23.9. The van der Waals surface area contributed by atoms with Crippen molar-refractivity contribution in [3.8, 4) is 0 Å². The summed E-state index contributed by atoms with van der Waals surface area (Å²) in [6.07, 6.45) is 3.25. The summed E-state index contributed by atoms with van der Waals surface area (Å²) in [7, 11) is 0. The van der Waals surface area contributed by atoms with E-state index in [0.717, 1.165) is 33.1 Å². The molecule has 19 nitrogen and oxygen atoms in total. The normalized spacial score (nSPS) is 28.1. The Morgan fingerprint density at radius 1 is 0.741 bits per heavy atom. The van der Waals surface area contributed by atoms with E-state index in [9.17, 15) is 34.2 Å². The van der Waals surface area contributed by atoms with Crippen LogP contribution in [-0.2, 0) is 61.8 Å². The molecule has 2 bridgehead atoms. The number of unbranched alkanes of at least 4 members (excludes halogenated alkanes) is 12. The third kappa shape index (κ3) is 15.0. The number of rotatable bonds is 27. The number of Topliss-reactive ketones (excluding diaryl/α,β-unsaturated/α-hetero) is 1. The lowest BCUT2D eigenvalue weighted by Crippen LogP contribution is -2.79. The van der Waals surface area contributed by atoms with Gasteiger partial charge in [0.1, 0.15) is 42.7 Å². The average Bonchev–Trinajstić information content (AvgIpc) is 1.23. The van der Waals surface area contributed by atoms with Gasteiger partial charge in [0.2, 0.25) is 6.10 Å². The molecule has 1 amide bonds. The molecule has 2 aliphatic heterocycles. The second kappa shape index (κ2) is 29.3. The molecular formula is C66H85NO18. The summed E-state index contributed by atoms with van der Waals surface area (Å²) in [6.45, 7) is 8.56. The van der Waals surface area contributed by atoms with Crippen molar-refractivity contribution < 1.29 is 86.4 Å². The highest BCUT2D eigenvalue weighted by Gasteiger charge is 2.75. The number of carbonyl (C=O) groups is 7. The maximum absolute atomic E-state index is 15.6. The van der Waals surface area contributed by atoms with Gasteiger partial charge in [-0.05, 0) is 60.7 Å². The minimum absolute atomic E-state index is 0.0424. The number of hydrogen-bond acceptors (Lipinski definition) is 18. The third-order valence-electron chi connectivity index (χ3n) is 17.8. The molecule has 13 atom stereocenters. The van der Waals surface area contributed by atoms with Gasteiger partial charge in [-0.25, -0.2) is 14.4 Å². The van der Waals surface area contributed by atoms with E-state index in [2.05, 4.69) is 12.2 Å². The first kappa shape index (κ1) is 64.5. The highest BCUT2D eigenvalue weighted by molar-refractivity contribution is 5.95. The van der Waals surface area contributed by atoms with Gasteiger partial charge in [-0.15, -0.1) is 0 Å². The minimum atomic E-state index is -2.47. The van der Waals surface area contributed by atoms with Crippen LogP contribution in [0.4, 0.5) is 4.79 Å². The molecule has 0 spiro atoms. The molecule has 0 radical (unpaired) electrons. The lowest BCUT2D eigenvalue weighted by atomic mass is 9.48. The summed E-state index contributed by atoms with van der Waals surface area (Å²) in [5.74, 6) is -8.64. The Morgan fingerprint density at radius 3 is 1.91 bits per heavy atom. The van der Waals surface area contributed by atoms with Crippen LogP contribution in [0.25, 0.3) is 0 Å². The minimum Gasteiger partial charge on any atom is -0.455 e. The standard InChI is InChI=1S/C66H85NO18/c1-7-8-9-10-11-12-13-14-15-16-17-18-28-35-51-77-38-47(81-51)39-78-63(75)83-58(55(44-29-22-19-23-30-44)67-60(72)45-31-24-20-25-32-45)62(74)82-49-37-66(76)59(84-61(73)46-33-26-21-27-34-46)54-52(48(70)36-50-65(54,40-79-50)85-43(4)69)56(71)57(80-42(3)68)53(41(49)2)64(66,5)6/h19-27,29-34,47-52,54-55,57-59,70,76H,7-18,28,35-40H2,1-6H3,(H,67,72)/t47?,48-,49-,50+,51?,52+,54+,55-,57+,58+,59-,65-,66+/m0/s1. The zero-order valence-corrected chi connectivity index (χ0v) is 49.9. The lowest BCUT2D eigenvalue weighted by Gasteiger charge is -2.64. The SMILES string of the molecule is CCCCCCCCCCCCCCCC1OCC(COC(=O)O[C@@H](C(=O)O[C@H]2C[C@@]3(O)[C@@H](OC(=O)c4ccccc4)[C@H]4[C@H](C(=O)[C@H](OC(C)=O)C(=C2C)C3(C)C)[C@@H](O)C[C@H]2OC[C@@]42OC(C)=O)[C@@H](NC(=O)c2ccccc2)c2ccccc2)O1. The molecule has 19 heteroatoms. The van der Waals surface area contributed by atoms with Gasteiger partial charge < -0.3 is 58.2 Å². The number of aliphatic hydroxyl groups excluding tert-OH is 1. The van der Waals surface area contributed by atoms with E-state index in [-0.39, 0.29) is 48.5 Å². The summed E-state index contributed by atoms with van der Waals surface area (Å²) in [6, 6.07) is 22.7. The Kier molecular flexibility index (Phi) is 22.2. The molecule has 85 heavy (non-hydrogen) atoms. The molecule has 3 aromatic carbocycles. The summed E-state index contributed by atoms with van der Waals surface area (Å²) in [5.41, 5.74) is -5.36. The Labute approximate surface area is 498 Å². The van der Waals surface area contributed by atoms with Crippen LogP contribution >= 0.6 is 0 Å². The number of fused-ring (bicyclic) bond motifs is 5. The molecular weight excluding hydrogens is 1090 g/mol. The number of ketones is 1. The molecule has 2 heterocycles. The molecule has 3 aliphatic carbocycles. The molecule has 462 valence electrons. The van der Waals surface area contributed by atoms with Gasteiger partial charge in [0.25, 0.3) is 5.91 Å². The van der Waals surface area contributed by atoms with Crippen molar-refractivity contribution in [3.63, 3.8) is 0 Å². The molecule has 2 unspecified atom stereocenters. The highest BCUT2D eigenvalue weighted by atomic mass is 16.8. The van der Waals surface area contributed by atoms with E-state index in [1.165, 1.54) is 83.3 Å². The van der Waals surface area contributed by atoms with Crippen molar-refractivity contribution in [2.45, 2.75) is 211 Å². The summed E-state index contributed by atoms with van der Waals surface area (Å²) in [5, 5.41) is 28.9. The number of esters is 4. The largest absolute Gasteiger partial charge is 0.509 e. The zero-order valence-electron chi connectivity index (χ0n) is 49.9. The lowest BCUT2D eigenvalue weighted by molar-refractivity contribution is -0.332. The van der Waals surface area contributed by atoms with E-state index in [0.29, 0.717) is 12.0 Å². The van der Waals surface area contributed by atoms with Gasteiger partial charge in [-0.3, -0.25) is 19.2 Å². The number of hydrogen-bond donors (Lipinski definition) is 3. The molecule has 3 N–H and O–H groups in total. The number of aliphatic hydroxyl groups is 2. The second-order valence-corrected chi connectivity index (χ2v) is 23.9. The van der Waals surface area contributed by atoms with Crippen LogP contribution in [0.1, 0.15) is 177 Å². The molecule has 4 fully saturated rings. The van der Waals surface area contributed by atoms with E-state index < -0.39 is 132 Å². The smallest absolute Gasteiger partial charge is 0.455 e. The summed E-state index contributed by atoms with van der Waals surface area (Å²) < 4.78 is 54.4. The van der Waals surface area contributed by atoms with Crippen molar-refractivity contribution in [3.05, 3.63) is 119 Å². The third-order valence-corrected chi connectivity index (χ3v) is 17.8. The van der Waals surface area contributed by atoms with Crippen LogP contribution < -0.4 is 5.32 Å². The predicted octanol–water partition coefficient (Wildman–Crippen LogP) is 9.73. The first-order valence-corrected chi connectivity index (χ1v) is 30.4. The Hall–Kier alpha value is -6.51. The van der Waals surface area contributed by atoms with E-state index in [1.807, 2.05) is 0 Å². The Bertz CT molecular complexity index is 2810. The molecule has 3 aromatic rings. The monoisotopic (exact) mass is 1180 g/mol. The summed E-state index contributed by atoms with van der Waals surface area (Å²) in [4.78, 5) is 100. The highest BCUT2D eigenvalue weighted by Crippen LogP contribution is 2.61. The average molecular weight is 1180 g/mol. The van der Waals surface area contributed by atoms with Crippen LogP contribution in [-0.4, -0.2) is 132 Å². The van der Waals surface area contributed by atoms with Crippen LogP contribution in [0.2, 0.25) is 0 Å². The fourth-order valence-electron chi connectivity index (χ4n) is 13.3. The van der Waals surface area contributed by atoms with E-state index >= 15 is 9.59 Å². The van der Waals surface area contributed by atoms with Crippen LogP contribution in [0, 0.1) is 17.3 Å². The topological polar surface area (TPSA) is 255 Å². The number of amides is 1. The van der Waals surface area contributed by atoms with Crippen molar-refractivity contribution in [1.82, 2.24) is 5.32 Å². The number of carbonyl (C=O) groups excluding carboxylic acids is 7. The van der Waals surface area contributed by atoms with Gasteiger partial charge in [0, 0.05) is 37.7 Å². The fraction of sp³-hybridized carbons (Fsp3) is 0.591. The van der Waals surface area contributed by atoms with Crippen molar-refractivity contribution in [2.75, 3.05) is 19.8 Å². The van der Waals surface area contributed by atoms with Gasteiger partial charge in [0.05, 0.1) is 36.7 Å². The fourth-order valence-corrected chi connectivity index (χ4v) is 13.3. The predicted molar refractivity (Wildman–Crippen MR) is 308 cm³/mol. The molecule has 2 saturated heterocycles. The summed E-state index contributed by atoms with van der Waals surface area (Å²) >= 11 is 0. The Balaban J connectivity index is 1.07.